The number of esters is 1. The summed E-state index contributed by atoms with van der Waals surface area (Å²) in [5, 5.41) is 9.40. The number of hydrogen-bond donors (Lipinski definition) is 1. The van der Waals surface area contributed by atoms with Crippen LogP contribution in [0.2, 0.25) is 5.02 Å². The Morgan fingerprint density at radius 3 is 2.50 bits per heavy atom. The van der Waals surface area contributed by atoms with Crippen molar-refractivity contribution in [2.75, 3.05) is 6.61 Å². The van der Waals surface area contributed by atoms with E-state index in [9.17, 15) is 9.59 Å². The van der Waals surface area contributed by atoms with E-state index >= 15 is 0 Å². The summed E-state index contributed by atoms with van der Waals surface area (Å²) in [5.74, 6) is -1.35. The van der Waals surface area contributed by atoms with Crippen molar-refractivity contribution in [3.63, 3.8) is 0 Å². The van der Waals surface area contributed by atoms with Crippen molar-refractivity contribution in [3.8, 4) is 11.5 Å². The number of hydrogen-bond acceptors (Lipinski definition) is 4. The number of ether oxygens (including phenoxy) is 2. The first kappa shape index (κ1) is 15.9. The minimum absolute atomic E-state index is 0.0472. The van der Waals surface area contributed by atoms with Crippen molar-refractivity contribution in [2.45, 2.75) is 6.92 Å². The molecular weight excluding hydrogens is 308 g/mol. The molecular formula is C16H13ClO5. The quantitative estimate of drug-likeness (QED) is 0.672. The van der Waals surface area contributed by atoms with Gasteiger partial charge in [0.25, 0.3) is 0 Å². The summed E-state index contributed by atoms with van der Waals surface area (Å²) >= 11 is 5.83. The van der Waals surface area contributed by atoms with Crippen molar-refractivity contribution < 1.29 is 24.2 Å². The fourth-order valence-electron chi connectivity index (χ4n) is 1.77. The van der Waals surface area contributed by atoms with Crippen molar-refractivity contribution in [1.82, 2.24) is 0 Å². The van der Waals surface area contributed by atoms with Gasteiger partial charge in [-0.05, 0) is 43.3 Å². The van der Waals surface area contributed by atoms with E-state index in [-0.39, 0.29) is 22.6 Å². The molecule has 2 aromatic carbocycles. The first-order valence-electron chi connectivity index (χ1n) is 6.49. The Balaban J connectivity index is 2.28. The summed E-state index contributed by atoms with van der Waals surface area (Å²) in [6.07, 6.45) is 0. The van der Waals surface area contributed by atoms with E-state index in [1.54, 1.807) is 25.1 Å². The molecule has 2 aromatic rings. The molecule has 2 rings (SSSR count). The predicted molar refractivity (Wildman–Crippen MR) is 81.0 cm³/mol. The molecule has 0 bridgehead atoms. The van der Waals surface area contributed by atoms with Crippen LogP contribution >= 0.6 is 11.6 Å². The molecule has 0 heterocycles. The highest BCUT2D eigenvalue weighted by Crippen LogP contribution is 2.29. The minimum Gasteiger partial charge on any atom is -0.490 e. The van der Waals surface area contributed by atoms with Crippen LogP contribution in [0.5, 0.6) is 11.5 Å². The molecule has 0 atom stereocenters. The molecule has 0 amide bonds. The Kier molecular flexibility index (Phi) is 5.01. The maximum absolute atomic E-state index is 12.1. The third-order valence-electron chi connectivity index (χ3n) is 2.75. The summed E-state index contributed by atoms with van der Waals surface area (Å²) in [5.41, 5.74) is 0.336. The number of benzene rings is 2. The topological polar surface area (TPSA) is 72.8 Å². The van der Waals surface area contributed by atoms with Crippen molar-refractivity contribution in [2.24, 2.45) is 0 Å². The second-order valence-corrected chi connectivity index (χ2v) is 4.74. The van der Waals surface area contributed by atoms with Gasteiger partial charge in [-0.3, -0.25) is 0 Å². The van der Waals surface area contributed by atoms with Crippen molar-refractivity contribution >= 4 is 23.5 Å². The summed E-state index contributed by atoms with van der Waals surface area (Å²) in [4.78, 5) is 23.1. The van der Waals surface area contributed by atoms with Crippen LogP contribution in [0.4, 0.5) is 0 Å². The molecule has 0 saturated carbocycles. The van der Waals surface area contributed by atoms with Gasteiger partial charge in [0.05, 0.1) is 17.7 Å². The highest BCUT2D eigenvalue weighted by Gasteiger charge is 2.15. The van der Waals surface area contributed by atoms with Gasteiger partial charge in [-0.15, -0.1) is 0 Å². The van der Waals surface area contributed by atoms with E-state index in [4.69, 9.17) is 26.2 Å². The normalized spacial score (nSPS) is 10.1. The van der Waals surface area contributed by atoms with Gasteiger partial charge in [0.2, 0.25) is 0 Å². The first-order chi connectivity index (χ1) is 10.5. The molecule has 0 fully saturated rings. The van der Waals surface area contributed by atoms with Gasteiger partial charge >= 0.3 is 11.9 Å². The fourth-order valence-corrected chi connectivity index (χ4v) is 1.96. The minimum atomic E-state index is -1.09. The second kappa shape index (κ2) is 6.95. The van der Waals surface area contributed by atoms with Crippen LogP contribution in [0.3, 0.4) is 0 Å². The Morgan fingerprint density at radius 1 is 1.09 bits per heavy atom. The highest BCUT2D eigenvalue weighted by molar-refractivity contribution is 6.30. The van der Waals surface area contributed by atoms with Crippen LogP contribution in [0.15, 0.2) is 42.5 Å². The number of carboxylic acids is 1. The maximum Gasteiger partial charge on any atom is 0.343 e. The molecule has 0 aliphatic carbocycles. The largest absolute Gasteiger partial charge is 0.490 e. The van der Waals surface area contributed by atoms with Crippen LogP contribution in [-0.2, 0) is 0 Å². The van der Waals surface area contributed by atoms with E-state index < -0.39 is 11.9 Å². The number of halogens is 1. The van der Waals surface area contributed by atoms with Gasteiger partial charge < -0.3 is 14.6 Å². The van der Waals surface area contributed by atoms with E-state index in [1.807, 2.05) is 0 Å². The molecule has 1 N–H and O–H groups in total. The Labute approximate surface area is 132 Å². The maximum atomic E-state index is 12.1. The first-order valence-corrected chi connectivity index (χ1v) is 6.87. The molecule has 0 unspecified atom stereocenters. The van der Waals surface area contributed by atoms with Crippen LogP contribution in [0.1, 0.15) is 27.6 Å². The summed E-state index contributed by atoms with van der Waals surface area (Å²) < 4.78 is 10.6. The monoisotopic (exact) mass is 320 g/mol. The van der Waals surface area contributed by atoms with E-state index in [0.29, 0.717) is 11.6 Å². The third kappa shape index (κ3) is 3.77. The zero-order chi connectivity index (χ0) is 16.1. The molecule has 22 heavy (non-hydrogen) atoms. The molecule has 0 spiro atoms. The molecule has 0 aliphatic rings. The van der Waals surface area contributed by atoms with E-state index in [1.165, 1.54) is 24.3 Å². The summed E-state index contributed by atoms with van der Waals surface area (Å²) in [7, 11) is 0. The Hall–Kier alpha value is -2.53. The van der Waals surface area contributed by atoms with Gasteiger partial charge in [0, 0.05) is 5.02 Å². The summed E-state index contributed by atoms with van der Waals surface area (Å²) in [6, 6.07) is 10.4. The lowest BCUT2D eigenvalue weighted by atomic mass is 10.2. The number of aromatic carboxylic acids is 1. The number of carbonyl (C=O) groups excluding carboxylic acids is 1. The highest BCUT2D eigenvalue weighted by atomic mass is 35.5. The predicted octanol–water partition coefficient (Wildman–Crippen LogP) is 3.66. The smallest absolute Gasteiger partial charge is 0.343 e. The fraction of sp³-hybridized carbons (Fsp3) is 0.125. The zero-order valence-corrected chi connectivity index (χ0v) is 12.5. The molecule has 0 aromatic heterocycles. The Bertz CT molecular complexity index is 711. The van der Waals surface area contributed by atoms with E-state index in [2.05, 4.69) is 0 Å². The van der Waals surface area contributed by atoms with Crippen LogP contribution in [0.25, 0.3) is 0 Å². The lowest BCUT2D eigenvalue weighted by molar-refractivity contribution is 0.0696. The number of carbonyl (C=O) groups is 2. The standard InChI is InChI=1S/C16H13ClO5/c1-2-21-14-9-10(15(18)19)6-7-13(14)22-16(20)11-4-3-5-12(17)8-11/h3-9H,2H2,1H3,(H,18,19). The molecule has 6 heteroatoms. The molecule has 114 valence electrons. The van der Waals surface area contributed by atoms with Gasteiger partial charge in [-0.2, -0.15) is 0 Å². The summed E-state index contributed by atoms with van der Waals surface area (Å²) in [6.45, 7) is 2.06. The van der Waals surface area contributed by atoms with Gasteiger partial charge in [-0.1, -0.05) is 17.7 Å². The SMILES string of the molecule is CCOc1cc(C(=O)O)ccc1OC(=O)c1cccc(Cl)c1. The lowest BCUT2D eigenvalue weighted by Gasteiger charge is -2.11. The van der Waals surface area contributed by atoms with E-state index in [0.717, 1.165) is 0 Å². The zero-order valence-electron chi connectivity index (χ0n) is 11.7. The average molecular weight is 321 g/mol. The van der Waals surface area contributed by atoms with Gasteiger partial charge in [0.15, 0.2) is 11.5 Å². The van der Waals surface area contributed by atoms with Crippen molar-refractivity contribution in [3.05, 3.63) is 58.6 Å². The van der Waals surface area contributed by atoms with Crippen LogP contribution < -0.4 is 9.47 Å². The van der Waals surface area contributed by atoms with Crippen molar-refractivity contribution in [1.29, 1.82) is 0 Å². The number of carboxylic acid groups (broad SMARTS) is 1. The molecule has 0 saturated heterocycles. The van der Waals surface area contributed by atoms with Gasteiger partial charge in [-0.25, -0.2) is 9.59 Å². The third-order valence-corrected chi connectivity index (χ3v) is 2.99. The van der Waals surface area contributed by atoms with Gasteiger partial charge in [0.1, 0.15) is 0 Å². The molecule has 0 aliphatic heterocycles. The lowest BCUT2D eigenvalue weighted by Crippen LogP contribution is -2.10. The van der Waals surface area contributed by atoms with Crippen LogP contribution in [0, 0.1) is 0 Å². The Morgan fingerprint density at radius 2 is 1.86 bits per heavy atom. The van der Waals surface area contributed by atoms with Crippen LogP contribution in [-0.4, -0.2) is 23.7 Å². The molecule has 5 nitrogen and oxygen atoms in total. The second-order valence-electron chi connectivity index (χ2n) is 4.30. The average Bonchev–Trinajstić information content (AvgIpc) is 2.49. The number of rotatable bonds is 5. The molecule has 0 radical (unpaired) electrons.